The van der Waals surface area contributed by atoms with Gasteiger partial charge in [-0.2, -0.15) is 0 Å². The molecule has 0 amide bonds. The highest BCUT2D eigenvalue weighted by Gasteiger charge is 2.28. The van der Waals surface area contributed by atoms with E-state index in [1.807, 2.05) is 0 Å². The smallest absolute Gasteiger partial charge is 0.343 e. The largest absolute Gasteiger partial charge is 0.507 e. The van der Waals surface area contributed by atoms with E-state index in [0.717, 1.165) is 0 Å². The van der Waals surface area contributed by atoms with Gasteiger partial charge >= 0.3 is 11.6 Å². The zero-order chi connectivity index (χ0) is 19.0. The minimum absolute atomic E-state index is 0.00188. The van der Waals surface area contributed by atoms with Crippen LogP contribution in [-0.2, 0) is 9.53 Å². The predicted molar refractivity (Wildman–Crippen MR) is 95.2 cm³/mol. The normalized spacial score (nSPS) is 13.5. The molecule has 7 nitrogen and oxygen atoms in total. The van der Waals surface area contributed by atoms with Crippen LogP contribution in [0.5, 0.6) is 17.2 Å². The minimum atomic E-state index is -0.771. The van der Waals surface area contributed by atoms with Crippen LogP contribution in [-0.4, -0.2) is 25.0 Å². The monoisotopic (exact) mass is 368 g/mol. The van der Waals surface area contributed by atoms with Gasteiger partial charge in [-0.25, -0.2) is 4.79 Å². The summed E-state index contributed by atoms with van der Waals surface area (Å²) in [5.41, 5.74) is 0.157. The molecule has 1 aliphatic heterocycles. The molecule has 0 aliphatic carbocycles. The van der Waals surface area contributed by atoms with Gasteiger partial charge in [-0.15, -0.1) is 0 Å². The van der Waals surface area contributed by atoms with E-state index >= 15 is 0 Å². The van der Waals surface area contributed by atoms with Gasteiger partial charge in [-0.1, -0.05) is 18.2 Å². The fraction of sp³-hybridized carbons (Fsp3) is 0.200. The van der Waals surface area contributed by atoms with Crippen molar-refractivity contribution < 1.29 is 28.5 Å². The lowest BCUT2D eigenvalue weighted by Crippen LogP contribution is -2.18. The Morgan fingerprint density at radius 2 is 1.96 bits per heavy atom. The summed E-state index contributed by atoms with van der Waals surface area (Å²) in [5.74, 6) is -0.428. The van der Waals surface area contributed by atoms with Crippen LogP contribution in [0.4, 0.5) is 0 Å². The summed E-state index contributed by atoms with van der Waals surface area (Å²) in [4.78, 5) is 24.6. The molecule has 2 aromatic carbocycles. The van der Waals surface area contributed by atoms with Crippen molar-refractivity contribution in [2.24, 2.45) is 0 Å². The van der Waals surface area contributed by atoms with E-state index in [2.05, 4.69) is 0 Å². The highest BCUT2D eigenvalue weighted by molar-refractivity contribution is 5.84. The zero-order valence-corrected chi connectivity index (χ0v) is 14.4. The molecule has 0 fully saturated rings. The van der Waals surface area contributed by atoms with Crippen molar-refractivity contribution >= 4 is 16.9 Å². The summed E-state index contributed by atoms with van der Waals surface area (Å²) in [6.45, 7) is 0.101. The quantitative estimate of drug-likeness (QED) is 0.559. The van der Waals surface area contributed by atoms with Crippen LogP contribution in [0.2, 0.25) is 0 Å². The Labute approximate surface area is 153 Å². The number of para-hydroxylation sites is 1. The molecule has 0 radical (unpaired) electrons. The predicted octanol–water partition coefficient (Wildman–Crippen LogP) is 2.92. The third kappa shape index (κ3) is 2.97. The van der Waals surface area contributed by atoms with Crippen LogP contribution in [0, 0.1) is 0 Å². The van der Waals surface area contributed by atoms with Crippen molar-refractivity contribution in [3.63, 3.8) is 0 Å². The van der Waals surface area contributed by atoms with Crippen molar-refractivity contribution in [2.45, 2.75) is 12.3 Å². The summed E-state index contributed by atoms with van der Waals surface area (Å²) in [7, 11) is 1.27. The van der Waals surface area contributed by atoms with Crippen molar-refractivity contribution in [3.05, 3.63) is 64.0 Å². The molecule has 1 aliphatic rings. The average molecular weight is 368 g/mol. The molecule has 2 heterocycles. The van der Waals surface area contributed by atoms with Crippen LogP contribution >= 0.6 is 0 Å². The summed E-state index contributed by atoms with van der Waals surface area (Å²) in [6.07, 6.45) is -0.146. The molecule has 1 atom stereocenters. The molecule has 0 saturated carbocycles. The van der Waals surface area contributed by atoms with Crippen molar-refractivity contribution in [3.8, 4) is 17.2 Å². The van der Waals surface area contributed by atoms with Crippen molar-refractivity contribution in [2.75, 3.05) is 13.9 Å². The lowest BCUT2D eigenvalue weighted by Gasteiger charge is -2.18. The highest BCUT2D eigenvalue weighted by atomic mass is 16.7. The van der Waals surface area contributed by atoms with Crippen molar-refractivity contribution in [1.82, 2.24) is 0 Å². The molecule has 3 aromatic rings. The Balaban J connectivity index is 1.90. The number of carbonyl (C=O) groups is 1. The number of methoxy groups -OCH3 is 1. The third-order valence-corrected chi connectivity index (χ3v) is 4.57. The van der Waals surface area contributed by atoms with E-state index in [0.29, 0.717) is 22.4 Å². The number of rotatable bonds is 4. The summed E-state index contributed by atoms with van der Waals surface area (Å²) < 4.78 is 20.8. The molecule has 138 valence electrons. The molecule has 7 heteroatoms. The van der Waals surface area contributed by atoms with Crippen LogP contribution in [0.15, 0.2) is 51.7 Å². The number of fused-ring (bicyclic) bond motifs is 2. The number of esters is 1. The Morgan fingerprint density at radius 1 is 1.19 bits per heavy atom. The first kappa shape index (κ1) is 17.0. The van der Waals surface area contributed by atoms with Crippen LogP contribution in [0.3, 0.4) is 0 Å². The Hall–Kier alpha value is -3.48. The maximum absolute atomic E-state index is 12.6. The number of hydrogen-bond donors (Lipinski definition) is 1. The first-order chi connectivity index (χ1) is 13.1. The van der Waals surface area contributed by atoms with Gasteiger partial charge in [0.1, 0.15) is 11.3 Å². The summed E-state index contributed by atoms with van der Waals surface area (Å²) in [5, 5.41) is 11.2. The summed E-state index contributed by atoms with van der Waals surface area (Å²) >= 11 is 0. The molecular weight excluding hydrogens is 352 g/mol. The van der Waals surface area contributed by atoms with E-state index in [1.54, 1.807) is 42.5 Å². The van der Waals surface area contributed by atoms with E-state index in [-0.39, 0.29) is 30.1 Å². The first-order valence-corrected chi connectivity index (χ1v) is 8.29. The first-order valence-electron chi connectivity index (χ1n) is 8.29. The number of ether oxygens (including phenoxy) is 3. The fourth-order valence-electron chi connectivity index (χ4n) is 3.22. The lowest BCUT2D eigenvalue weighted by atomic mass is 9.88. The van der Waals surface area contributed by atoms with Gasteiger partial charge in [0.2, 0.25) is 6.79 Å². The van der Waals surface area contributed by atoms with Gasteiger partial charge in [-0.05, 0) is 29.8 Å². The van der Waals surface area contributed by atoms with Crippen molar-refractivity contribution in [1.29, 1.82) is 0 Å². The molecule has 1 N–H and O–H groups in total. The molecule has 1 unspecified atom stereocenters. The number of carbonyl (C=O) groups excluding carboxylic acids is 1. The Kier molecular flexibility index (Phi) is 4.19. The molecular formula is C20H16O7. The van der Waals surface area contributed by atoms with Gasteiger partial charge in [0.05, 0.1) is 24.5 Å². The molecule has 1 aromatic heterocycles. The number of aromatic hydroxyl groups is 1. The van der Waals surface area contributed by atoms with Crippen LogP contribution in [0.1, 0.15) is 23.5 Å². The molecule has 0 saturated heterocycles. The fourth-order valence-corrected chi connectivity index (χ4v) is 3.22. The maximum atomic E-state index is 12.6. The average Bonchev–Trinajstić information content (AvgIpc) is 3.14. The number of hydrogen-bond acceptors (Lipinski definition) is 7. The summed E-state index contributed by atoms with van der Waals surface area (Å²) in [6, 6.07) is 11.8. The van der Waals surface area contributed by atoms with Gasteiger partial charge in [-0.3, -0.25) is 4.79 Å². The maximum Gasteiger partial charge on any atom is 0.343 e. The SMILES string of the molecule is COC(=O)CC(c1ccc2c(c1)OCO2)c1c(O)c2ccccc2oc1=O. The van der Waals surface area contributed by atoms with Gasteiger partial charge in [0, 0.05) is 5.92 Å². The Morgan fingerprint density at radius 3 is 2.78 bits per heavy atom. The molecule has 0 bridgehead atoms. The van der Waals surface area contributed by atoms with Gasteiger partial charge < -0.3 is 23.7 Å². The van der Waals surface area contributed by atoms with E-state index in [9.17, 15) is 14.7 Å². The topological polar surface area (TPSA) is 95.2 Å². The second kappa shape index (κ2) is 6.68. The molecule has 27 heavy (non-hydrogen) atoms. The van der Waals surface area contributed by atoms with E-state index < -0.39 is 17.5 Å². The molecule has 4 rings (SSSR count). The third-order valence-electron chi connectivity index (χ3n) is 4.57. The highest BCUT2D eigenvalue weighted by Crippen LogP contribution is 2.40. The Bertz CT molecular complexity index is 1080. The minimum Gasteiger partial charge on any atom is -0.507 e. The van der Waals surface area contributed by atoms with Gasteiger partial charge in [0.15, 0.2) is 11.5 Å². The molecule has 0 spiro atoms. The number of benzene rings is 2. The second-order valence-electron chi connectivity index (χ2n) is 6.09. The van der Waals surface area contributed by atoms with E-state index in [4.69, 9.17) is 18.6 Å². The second-order valence-corrected chi connectivity index (χ2v) is 6.09. The standard InChI is InChI=1S/C20H16O7/c1-24-17(21)9-13(11-6-7-15-16(8-11)26-10-25-15)18-19(22)12-4-2-3-5-14(12)27-20(18)23/h2-8,13,22H,9-10H2,1H3. The lowest BCUT2D eigenvalue weighted by molar-refractivity contribution is -0.140. The van der Waals surface area contributed by atoms with Crippen LogP contribution < -0.4 is 15.1 Å². The van der Waals surface area contributed by atoms with Gasteiger partial charge in [0.25, 0.3) is 0 Å². The van der Waals surface area contributed by atoms with Crippen LogP contribution in [0.25, 0.3) is 11.0 Å². The zero-order valence-electron chi connectivity index (χ0n) is 14.4. The van der Waals surface area contributed by atoms with E-state index in [1.165, 1.54) is 7.11 Å².